The van der Waals surface area contributed by atoms with E-state index in [4.69, 9.17) is 0 Å². The first kappa shape index (κ1) is 15.9. The first-order valence-electron chi connectivity index (χ1n) is 6.60. The van der Waals surface area contributed by atoms with Crippen molar-refractivity contribution in [2.75, 3.05) is 18.8 Å². The molecule has 0 saturated carbocycles. The van der Waals surface area contributed by atoms with E-state index < -0.39 is 6.10 Å². The molecule has 0 aliphatic rings. The number of aliphatic hydroxyl groups is 1. The molecule has 0 aromatic heterocycles. The van der Waals surface area contributed by atoms with Crippen LogP contribution in [0.15, 0.2) is 35.2 Å². The van der Waals surface area contributed by atoms with E-state index >= 15 is 0 Å². The number of hydrogen-bond donors (Lipinski definition) is 3. The Kier molecular flexibility index (Phi) is 8.09. The van der Waals surface area contributed by atoms with Gasteiger partial charge in [-0.15, -0.1) is 11.8 Å². The zero-order valence-electron chi connectivity index (χ0n) is 11.3. The number of hydrogen-bond acceptors (Lipinski definition) is 3. The second kappa shape index (κ2) is 9.69. The van der Waals surface area contributed by atoms with Crippen LogP contribution in [0.4, 0.5) is 4.79 Å². The van der Waals surface area contributed by atoms with Crippen molar-refractivity contribution >= 4 is 17.8 Å². The highest BCUT2D eigenvalue weighted by molar-refractivity contribution is 7.99. The summed E-state index contributed by atoms with van der Waals surface area (Å²) in [4.78, 5) is 12.6. The third-order valence-corrected chi connectivity index (χ3v) is 3.53. The average Bonchev–Trinajstić information content (AvgIpc) is 2.43. The Labute approximate surface area is 119 Å². The lowest BCUT2D eigenvalue weighted by Gasteiger charge is -2.11. The molecule has 106 valence electrons. The molecule has 0 aliphatic carbocycles. The van der Waals surface area contributed by atoms with Crippen LogP contribution < -0.4 is 10.6 Å². The summed E-state index contributed by atoms with van der Waals surface area (Å²) in [5, 5.41) is 14.9. The molecule has 0 aliphatic heterocycles. The third kappa shape index (κ3) is 7.74. The average molecular weight is 282 g/mol. The molecule has 4 nitrogen and oxygen atoms in total. The van der Waals surface area contributed by atoms with Crippen LogP contribution in [0.5, 0.6) is 0 Å². The summed E-state index contributed by atoms with van der Waals surface area (Å²) in [5.41, 5.74) is 0. The molecule has 5 heteroatoms. The summed E-state index contributed by atoms with van der Waals surface area (Å²) in [7, 11) is 0. The van der Waals surface area contributed by atoms with Gasteiger partial charge in [-0.3, -0.25) is 0 Å². The van der Waals surface area contributed by atoms with Gasteiger partial charge in [-0.25, -0.2) is 4.79 Å². The van der Waals surface area contributed by atoms with E-state index in [1.54, 1.807) is 11.8 Å². The van der Waals surface area contributed by atoms with Gasteiger partial charge in [0.25, 0.3) is 0 Å². The third-order valence-electron chi connectivity index (χ3n) is 2.52. The van der Waals surface area contributed by atoms with Gasteiger partial charge in [0.2, 0.25) is 0 Å². The standard InChI is InChI=1S/C14H22N2O2S/c1-2-6-12(17)11-16-14(18)15-9-10-19-13-7-4-3-5-8-13/h3-5,7-8,12,17H,2,6,9-11H2,1H3,(H2,15,16,18). The van der Waals surface area contributed by atoms with Crippen molar-refractivity contribution in [1.29, 1.82) is 0 Å². The molecule has 0 saturated heterocycles. The Balaban J connectivity index is 2.04. The number of carbonyl (C=O) groups is 1. The summed E-state index contributed by atoms with van der Waals surface area (Å²) in [6.07, 6.45) is 1.18. The second-order valence-electron chi connectivity index (χ2n) is 4.24. The topological polar surface area (TPSA) is 61.4 Å². The van der Waals surface area contributed by atoms with Gasteiger partial charge in [0.1, 0.15) is 0 Å². The van der Waals surface area contributed by atoms with Crippen LogP contribution in [0.25, 0.3) is 0 Å². The molecule has 1 aromatic rings. The highest BCUT2D eigenvalue weighted by atomic mass is 32.2. The molecule has 0 fully saturated rings. The van der Waals surface area contributed by atoms with Crippen molar-refractivity contribution in [3.05, 3.63) is 30.3 Å². The number of urea groups is 1. The summed E-state index contributed by atoms with van der Waals surface area (Å²) in [5.74, 6) is 0.828. The number of carbonyl (C=O) groups excluding carboxylic acids is 1. The second-order valence-corrected chi connectivity index (χ2v) is 5.41. The predicted molar refractivity (Wildman–Crippen MR) is 79.5 cm³/mol. The Morgan fingerprint density at radius 1 is 1.32 bits per heavy atom. The molecule has 19 heavy (non-hydrogen) atoms. The van der Waals surface area contributed by atoms with Crippen LogP contribution in [0.3, 0.4) is 0 Å². The number of benzene rings is 1. The molecule has 0 bridgehead atoms. The minimum absolute atomic E-state index is 0.219. The van der Waals surface area contributed by atoms with Gasteiger partial charge in [-0.2, -0.15) is 0 Å². The minimum Gasteiger partial charge on any atom is -0.391 e. The van der Waals surface area contributed by atoms with E-state index in [1.807, 2.05) is 37.3 Å². The molecule has 0 radical (unpaired) electrons. The molecule has 3 N–H and O–H groups in total. The van der Waals surface area contributed by atoms with Crippen LogP contribution in [-0.2, 0) is 0 Å². The lowest BCUT2D eigenvalue weighted by atomic mass is 10.2. The first-order valence-corrected chi connectivity index (χ1v) is 7.58. The maximum Gasteiger partial charge on any atom is 0.314 e. The fraction of sp³-hybridized carbons (Fsp3) is 0.500. The van der Waals surface area contributed by atoms with Crippen LogP contribution in [-0.4, -0.2) is 36.1 Å². The maximum atomic E-state index is 11.4. The Morgan fingerprint density at radius 2 is 2.05 bits per heavy atom. The summed E-state index contributed by atoms with van der Waals surface area (Å²) in [6.45, 7) is 2.92. The fourth-order valence-corrected chi connectivity index (χ4v) is 2.35. The molecular weight excluding hydrogens is 260 g/mol. The van der Waals surface area contributed by atoms with Crippen LogP contribution in [0.2, 0.25) is 0 Å². The quantitative estimate of drug-likeness (QED) is 0.506. The maximum absolute atomic E-state index is 11.4. The molecule has 0 heterocycles. The van der Waals surface area contributed by atoms with E-state index in [2.05, 4.69) is 10.6 Å². The Bertz CT molecular complexity index is 360. The predicted octanol–water partition coefficient (Wildman–Crippen LogP) is 2.24. The molecule has 2 amide bonds. The number of rotatable bonds is 8. The molecule has 1 aromatic carbocycles. The monoisotopic (exact) mass is 282 g/mol. The van der Waals surface area contributed by atoms with Crippen molar-refractivity contribution in [3.63, 3.8) is 0 Å². The number of amides is 2. The highest BCUT2D eigenvalue weighted by Crippen LogP contribution is 2.15. The lowest BCUT2D eigenvalue weighted by molar-refractivity contribution is 0.160. The van der Waals surface area contributed by atoms with Gasteiger partial charge in [-0.05, 0) is 18.6 Å². The van der Waals surface area contributed by atoms with E-state index in [0.29, 0.717) is 19.5 Å². The van der Waals surface area contributed by atoms with E-state index in [-0.39, 0.29) is 6.03 Å². The van der Waals surface area contributed by atoms with Gasteiger partial charge >= 0.3 is 6.03 Å². The van der Waals surface area contributed by atoms with Gasteiger partial charge in [0.15, 0.2) is 0 Å². The van der Waals surface area contributed by atoms with Crippen molar-refractivity contribution < 1.29 is 9.90 Å². The largest absolute Gasteiger partial charge is 0.391 e. The van der Waals surface area contributed by atoms with Crippen molar-refractivity contribution in [2.45, 2.75) is 30.8 Å². The lowest BCUT2D eigenvalue weighted by Crippen LogP contribution is -2.40. The zero-order chi connectivity index (χ0) is 13.9. The number of aliphatic hydroxyl groups excluding tert-OH is 1. The summed E-state index contributed by atoms with van der Waals surface area (Å²) < 4.78 is 0. The van der Waals surface area contributed by atoms with Gasteiger partial charge in [0.05, 0.1) is 6.10 Å². The van der Waals surface area contributed by atoms with Crippen molar-refractivity contribution in [2.24, 2.45) is 0 Å². The summed E-state index contributed by atoms with van der Waals surface area (Å²) in [6, 6.07) is 9.85. The molecular formula is C14H22N2O2S. The molecule has 1 unspecified atom stereocenters. The van der Waals surface area contributed by atoms with E-state index in [0.717, 1.165) is 12.2 Å². The van der Waals surface area contributed by atoms with E-state index in [1.165, 1.54) is 4.90 Å². The van der Waals surface area contributed by atoms with Gasteiger partial charge in [-0.1, -0.05) is 31.5 Å². The van der Waals surface area contributed by atoms with Crippen LogP contribution in [0, 0.1) is 0 Å². The smallest absolute Gasteiger partial charge is 0.314 e. The zero-order valence-corrected chi connectivity index (χ0v) is 12.1. The van der Waals surface area contributed by atoms with Crippen LogP contribution >= 0.6 is 11.8 Å². The number of thioether (sulfide) groups is 1. The Hall–Kier alpha value is -1.20. The SMILES string of the molecule is CCCC(O)CNC(=O)NCCSc1ccccc1. The van der Waals surface area contributed by atoms with Gasteiger partial charge in [0, 0.05) is 23.7 Å². The van der Waals surface area contributed by atoms with Crippen molar-refractivity contribution in [1.82, 2.24) is 10.6 Å². The molecule has 0 spiro atoms. The fourth-order valence-electron chi connectivity index (χ4n) is 1.56. The summed E-state index contributed by atoms with van der Waals surface area (Å²) >= 11 is 1.70. The first-order chi connectivity index (χ1) is 9.22. The highest BCUT2D eigenvalue weighted by Gasteiger charge is 2.05. The molecule has 1 rings (SSSR count). The normalized spacial score (nSPS) is 11.9. The van der Waals surface area contributed by atoms with E-state index in [9.17, 15) is 9.90 Å². The van der Waals surface area contributed by atoms with Crippen molar-refractivity contribution in [3.8, 4) is 0 Å². The van der Waals surface area contributed by atoms with Gasteiger partial charge < -0.3 is 15.7 Å². The molecule has 1 atom stereocenters. The Morgan fingerprint density at radius 3 is 2.74 bits per heavy atom. The van der Waals surface area contributed by atoms with Crippen LogP contribution in [0.1, 0.15) is 19.8 Å². The minimum atomic E-state index is -0.450. The number of nitrogens with one attached hydrogen (secondary N) is 2.